The summed E-state index contributed by atoms with van der Waals surface area (Å²) in [7, 11) is -0.787. The minimum absolute atomic E-state index is 0.787. The molecule has 0 N–H and O–H groups in total. The average Bonchev–Trinajstić information content (AvgIpc) is 2.11. The lowest BCUT2D eigenvalue weighted by Crippen LogP contribution is -2.29. The fourth-order valence-electron chi connectivity index (χ4n) is 2.43. The Bertz CT molecular complexity index is 112. The number of hydrogen-bond donors (Lipinski definition) is 0. The molecule has 0 amide bonds. The Hall–Kier alpha value is 0.217. The van der Waals surface area contributed by atoms with Gasteiger partial charge in [-0.1, -0.05) is 45.8 Å². The fraction of sp³-hybridized carbons (Fsp3) is 1.00. The summed E-state index contributed by atoms with van der Waals surface area (Å²) >= 11 is 0. The van der Waals surface area contributed by atoms with Crippen LogP contribution in [0.5, 0.6) is 0 Å². The van der Waals surface area contributed by atoms with Crippen LogP contribution in [0.2, 0.25) is 25.2 Å². The van der Waals surface area contributed by atoms with Crippen LogP contribution in [-0.4, -0.2) is 8.07 Å². The molecule has 0 heterocycles. The molecule has 2 atom stereocenters. The van der Waals surface area contributed by atoms with E-state index in [1.807, 2.05) is 0 Å². The molecule has 1 saturated carbocycles. The van der Waals surface area contributed by atoms with Gasteiger partial charge in [0, 0.05) is 8.07 Å². The Kier molecular flexibility index (Phi) is 2.23. The third-order valence-electron chi connectivity index (χ3n) is 2.97. The van der Waals surface area contributed by atoms with Crippen molar-refractivity contribution in [3.05, 3.63) is 0 Å². The largest absolute Gasteiger partial charge is 0.0693 e. The molecule has 0 aliphatic heterocycles. The normalized spacial score (nSPS) is 34.8. The molecule has 1 heteroatoms. The topological polar surface area (TPSA) is 0 Å². The van der Waals surface area contributed by atoms with Crippen LogP contribution in [-0.2, 0) is 0 Å². The Morgan fingerprint density at radius 2 is 1.70 bits per heavy atom. The van der Waals surface area contributed by atoms with Crippen LogP contribution in [0, 0.1) is 5.92 Å². The highest BCUT2D eigenvalue weighted by atomic mass is 28.3. The van der Waals surface area contributed by atoms with Crippen molar-refractivity contribution in [1.29, 1.82) is 0 Å². The molecule has 60 valence electrons. The first-order valence-corrected chi connectivity index (χ1v) is 8.09. The first-order valence-electron chi connectivity index (χ1n) is 4.52. The van der Waals surface area contributed by atoms with E-state index in [4.69, 9.17) is 0 Å². The zero-order valence-corrected chi connectivity index (χ0v) is 8.78. The molecular formula is C9H20Si. The standard InChI is InChI=1S/C9H20Si/c1-8-6-5-7-9(8)10(2,3)4/h8-9H,5-7H2,1-4H3/t8-,9?/m0/s1. The van der Waals surface area contributed by atoms with Gasteiger partial charge in [0.05, 0.1) is 0 Å². The summed E-state index contributed by atoms with van der Waals surface area (Å²) in [5.41, 5.74) is 1.12. The summed E-state index contributed by atoms with van der Waals surface area (Å²) in [6.07, 6.45) is 4.52. The summed E-state index contributed by atoms with van der Waals surface area (Å²) in [6.45, 7) is 9.98. The van der Waals surface area contributed by atoms with Crippen LogP contribution in [0.25, 0.3) is 0 Å². The van der Waals surface area contributed by atoms with Crippen molar-refractivity contribution < 1.29 is 0 Å². The fourth-order valence-corrected chi connectivity index (χ4v) is 5.38. The monoisotopic (exact) mass is 156 g/mol. The van der Waals surface area contributed by atoms with E-state index in [1.54, 1.807) is 0 Å². The van der Waals surface area contributed by atoms with E-state index in [2.05, 4.69) is 26.6 Å². The van der Waals surface area contributed by atoms with Gasteiger partial charge in [-0.3, -0.25) is 0 Å². The van der Waals surface area contributed by atoms with Crippen LogP contribution in [0.4, 0.5) is 0 Å². The van der Waals surface area contributed by atoms with Gasteiger partial charge in [0.25, 0.3) is 0 Å². The van der Waals surface area contributed by atoms with Gasteiger partial charge in [0.1, 0.15) is 0 Å². The van der Waals surface area contributed by atoms with Crippen molar-refractivity contribution in [3.63, 3.8) is 0 Å². The van der Waals surface area contributed by atoms with Gasteiger partial charge in [-0.05, 0) is 11.5 Å². The van der Waals surface area contributed by atoms with Gasteiger partial charge >= 0.3 is 0 Å². The molecule has 10 heavy (non-hydrogen) atoms. The summed E-state index contributed by atoms with van der Waals surface area (Å²) < 4.78 is 0. The first-order chi connectivity index (χ1) is 4.52. The highest BCUT2D eigenvalue weighted by molar-refractivity contribution is 6.77. The van der Waals surface area contributed by atoms with Crippen molar-refractivity contribution in [2.75, 3.05) is 0 Å². The molecular weight excluding hydrogens is 136 g/mol. The van der Waals surface area contributed by atoms with E-state index < -0.39 is 8.07 Å². The quantitative estimate of drug-likeness (QED) is 0.510. The van der Waals surface area contributed by atoms with Gasteiger partial charge in [0.15, 0.2) is 0 Å². The maximum Gasteiger partial charge on any atom is 0.0476 e. The molecule has 1 fully saturated rings. The summed E-state index contributed by atoms with van der Waals surface area (Å²) in [6, 6.07) is 0. The van der Waals surface area contributed by atoms with Gasteiger partial charge in [-0.2, -0.15) is 0 Å². The van der Waals surface area contributed by atoms with Crippen LogP contribution >= 0.6 is 0 Å². The lowest BCUT2D eigenvalue weighted by atomic mass is 10.1. The van der Waals surface area contributed by atoms with Gasteiger partial charge < -0.3 is 0 Å². The van der Waals surface area contributed by atoms with E-state index >= 15 is 0 Å². The minimum Gasteiger partial charge on any atom is -0.0693 e. The summed E-state index contributed by atoms with van der Waals surface area (Å²) in [4.78, 5) is 0. The molecule has 1 aliphatic rings. The van der Waals surface area contributed by atoms with Crippen molar-refractivity contribution in [2.24, 2.45) is 5.92 Å². The predicted octanol–water partition coefficient (Wildman–Crippen LogP) is 3.51. The smallest absolute Gasteiger partial charge is 0.0476 e. The van der Waals surface area contributed by atoms with E-state index in [1.165, 1.54) is 19.3 Å². The first kappa shape index (κ1) is 8.31. The molecule has 0 spiro atoms. The molecule has 0 aromatic heterocycles. The second-order valence-electron chi connectivity index (χ2n) is 4.88. The zero-order chi connectivity index (χ0) is 7.78. The maximum atomic E-state index is 2.51. The Morgan fingerprint density at radius 3 is 1.90 bits per heavy atom. The van der Waals surface area contributed by atoms with Crippen molar-refractivity contribution in [2.45, 2.75) is 51.4 Å². The Morgan fingerprint density at radius 1 is 1.10 bits per heavy atom. The van der Waals surface area contributed by atoms with E-state index in [0.29, 0.717) is 0 Å². The maximum absolute atomic E-state index is 2.51. The van der Waals surface area contributed by atoms with Crippen molar-refractivity contribution in [1.82, 2.24) is 0 Å². The molecule has 0 nitrogen and oxygen atoms in total. The molecule has 1 rings (SSSR count). The van der Waals surface area contributed by atoms with E-state index in [-0.39, 0.29) is 0 Å². The summed E-state index contributed by atoms with van der Waals surface area (Å²) in [5.74, 6) is 1.03. The minimum atomic E-state index is -0.787. The molecule has 0 radical (unpaired) electrons. The third-order valence-corrected chi connectivity index (χ3v) is 6.06. The summed E-state index contributed by atoms with van der Waals surface area (Å²) in [5, 5.41) is 0. The number of hydrogen-bond acceptors (Lipinski definition) is 0. The van der Waals surface area contributed by atoms with Crippen molar-refractivity contribution in [3.8, 4) is 0 Å². The van der Waals surface area contributed by atoms with Crippen LogP contribution in [0.15, 0.2) is 0 Å². The predicted molar refractivity (Wildman–Crippen MR) is 50.1 cm³/mol. The van der Waals surface area contributed by atoms with Crippen molar-refractivity contribution >= 4 is 8.07 Å². The molecule has 1 aliphatic carbocycles. The highest BCUT2D eigenvalue weighted by Gasteiger charge is 2.34. The SMILES string of the molecule is C[C@H]1CCCC1[Si](C)(C)C. The lowest BCUT2D eigenvalue weighted by molar-refractivity contribution is 0.596. The zero-order valence-electron chi connectivity index (χ0n) is 7.78. The Labute approximate surface area is 66.0 Å². The third kappa shape index (κ3) is 1.63. The lowest BCUT2D eigenvalue weighted by Gasteiger charge is -2.28. The van der Waals surface area contributed by atoms with Crippen LogP contribution in [0.3, 0.4) is 0 Å². The molecule has 0 aromatic rings. The van der Waals surface area contributed by atoms with E-state index in [9.17, 15) is 0 Å². The Balaban J connectivity index is 2.55. The second-order valence-corrected chi connectivity index (χ2v) is 10.4. The van der Waals surface area contributed by atoms with Crippen LogP contribution < -0.4 is 0 Å². The van der Waals surface area contributed by atoms with E-state index in [0.717, 1.165) is 11.5 Å². The van der Waals surface area contributed by atoms with Crippen LogP contribution in [0.1, 0.15) is 26.2 Å². The number of rotatable bonds is 1. The van der Waals surface area contributed by atoms with Gasteiger partial charge in [0.2, 0.25) is 0 Å². The molecule has 0 bridgehead atoms. The molecule has 1 unspecified atom stereocenters. The second kappa shape index (κ2) is 2.69. The molecule has 0 saturated heterocycles. The highest BCUT2D eigenvalue weighted by Crippen LogP contribution is 2.42. The van der Waals surface area contributed by atoms with Gasteiger partial charge in [-0.15, -0.1) is 0 Å². The van der Waals surface area contributed by atoms with Gasteiger partial charge in [-0.25, -0.2) is 0 Å². The average molecular weight is 156 g/mol. The molecule has 0 aromatic carbocycles.